The van der Waals surface area contributed by atoms with Crippen LogP contribution in [0.1, 0.15) is 65.2 Å². The second-order valence-corrected chi connectivity index (χ2v) is 9.68. The average molecular weight is 730 g/mol. The van der Waals surface area contributed by atoms with Crippen LogP contribution in [0.4, 0.5) is 0 Å². The minimum atomic E-state index is 0. The first-order chi connectivity index (χ1) is 17.8. The van der Waals surface area contributed by atoms with Crippen molar-refractivity contribution in [2.75, 3.05) is 0 Å². The standard InChI is InChI=1S/C31H37N5.3ClH.Nd/c1-3-5-7-13-22-35-28-20-11-9-16-24(28)33-30(35)26-18-15-19-27(32-26)31-34-25-17-10-12-21-29(25)36(31)23-14-8-6-4-2;;;;/h9-12,15-21H,3-8,13-14,22-23H2,1-2H3;3*1H;/q;;;;+3/p-3. The van der Waals surface area contributed by atoms with Gasteiger partial charge in [-0.15, -0.1) is 0 Å². The first-order valence-corrected chi connectivity index (χ1v) is 13.7. The van der Waals surface area contributed by atoms with Gasteiger partial charge < -0.3 is 46.4 Å². The summed E-state index contributed by atoms with van der Waals surface area (Å²) in [7, 11) is 0. The molecule has 0 saturated heterocycles. The van der Waals surface area contributed by atoms with Crippen LogP contribution in [-0.2, 0) is 13.1 Å². The number of benzene rings is 2. The van der Waals surface area contributed by atoms with Crippen LogP contribution < -0.4 is 37.2 Å². The number of rotatable bonds is 12. The number of aromatic nitrogens is 5. The number of hydrogen-bond donors (Lipinski definition) is 0. The zero-order valence-electron chi connectivity index (χ0n) is 23.3. The van der Waals surface area contributed by atoms with Gasteiger partial charge >= 0.3 is 40.8 Å². The molecule has 9 heteroatoms. The van der Waals surface area contributed by atoms with Crippen LogP contribution in [0.15, 0.2) is 66.7 Å². The summed E-state index contributed by atoms with van der Waals surface area (Å²) in [6.45, 7) is 6.42. The maximum Gasteiger partial charge on any atom is 3.00 e. The number of unbranched alkanes of at least 4 members (excludes halogenated alkanes) is 6. The van der Waals surface area contributed by atoms with Crippen LogP contribution in [-0.4, -0.2) is 24.1 Å². The van der Waals surface area contributed by atoms with Gasteiger partial charge in [0.1, 0.15) is 11.4 Å². The van der Waals surface area contributed by atoms with Crippen molar-refractivity contribution in [1.29, 1.82) is 0 Å². The molecule has 5 rings (SSSR count). The summed E-state index contributed by atoms with van der Waals surface area (Å²) in [4.78, 5) is 15.2. The first-order valence-electron chi connectivity index (χ1n) is 13.7. The maximum absolute atomic E-state index is 5.15. The largest absolute Gasteiger partial charge is 3.00 e. The Bertz CT molecular complexity index is 1340. The van der Waals surface area contributed by atoms with Crippen LogP contribution in [0.5, 0.6) is 0 Å². The summed E-state index contributed by atoms with van der Waals surface area (Å²) in [5.41, 5.74) is 6.23. The summed E-state index contributed by atoms with van der Waals surface area (Å²) in [5.74, 6) is 1.89. The Balaban J connectivity index is 0.00000200. The number of nitrogens with zero attached hydrogens (tertiary/aromatic N) is 5. The summed E-state index contributed by atoms with van der Waals surface area (Å²) in [5, 5.41) is 0. The Morgan fingerprint density at radius 3 is 1.35 bits per heavy atom. The number of pyridine rings is 1. The van der Waals surface area contributed by atoms with Crippen molar-refractivity contribution >= 4 is 22.1 Å². The average Bonchev–Trinajstić information content (AvgIpc) is 3.48. The third-order valence-corrected chi connectivity index (χ3v) is 6.99. The fourth-order valence-corrected chi connectivity index (χ4v) is 5.07. The van der Waals surface area contributed by atoms with Gasteiger partial charge in [-0.3, -0.25) is 0 Å². The van der Waals surface area contributed by atoms with E-state index in [-0.39, 0.29) is 78.1 Å². The van der Waals surface area contributed by atoms with E-state index >= 15 is 0 Å². The molecular formula is C31H37Cl3N5Nd. The molecule has 0 fully saturated rings. The number of halogens is 3. The van der Waals surface area contributed by atoms with Crippen LogP contribution in [0, 0.1) is 40.8 Å². The van der Waals surface area contributed by atoms with E-state index in [1.54, 1.807) is 0 Å². The summed E-state index contributed by atoms with van der Waals surface area (Å²) in [6.07, 6.45) is 9.77. The van der Waals surface area contributed by atoms with E-state index in [9.17, 15) is 0 Å². The van der Waals surface area contributed by atoms with Gasteiger partial charge in [0.2, 0.25) is 0 Å². The normalized spacial score (nSPS) is 10.4. The molecule has 3 heterocycles. The topological polar surface area (TPSA) is 48.5 Å². The molecule has 0 unspecified atom stereocenters. The molecule has 0 spiro atoms. The van der Waals surface area contributed by atoms with Gasteiger partial charge in [0.25, 0.3) is 0 Å². The van der Waals surface area contributed by atoms with E-state index in [0.29, 0.717) is 0 Å². The Labute approximate surface area is 289 Å². The molecule has 211 valence electrons. The molecule has 0 bridgehead atoms. The predicted octanol–water partition coefficient (Wildman–Crippen LogP) is -0.712. The summed E-state index contributed by atoms with van der Waals surface area (Å²) in [6, 6.07) is 23.1. The van der Waals surface area contributed by atoms with Crippen molar-refractivity contribution < 1.29 is 78.1 Å². The zero-order valence-corrected chi connectivity index (χ0v) is 28.8. The van der Waals surface area contributed by atoms with Gasteiger partial charge in [-0.25, -0.2) is 15.0 Å². The molecule has 0 atom stereocenters. The molecule has 0 aliphatic rings. The molecule has 0 aliphatic carbocycles. The summed E-state index contributed by atoms with van der Waals surface area (Å²) >= 11 is 0. The van der Waals surface area contributed by atoms with E-state index in [1.807, 2.05) is 0 Å². The fraction of sp³-hybridized carbons (Fsp3) is 0.387. The molecular weight excluding hydrogens is 693 g/mol. The molecule has 0 aliphatic heterocycles. The first kappa shape index (κ1) is 36.8. The van der Waals surface area contributed by atoms with Gasteiger partial charge in [0, 0.05) is 13.1 Å². The second kappa shape index (κ2) is 18.3. The van der Waals surface area contributed by atoms with E-state index in [1.165, 1.54) is 49.6 Å². The number of fused-ring (bicyclic) bond motifs is 2. The van der Waals surface area contributed by atoms with Crippen molar-refractivity contribution in [1.82, 2.24) is 24.1 Å². The minimum absolute atomic E-state index is 0. The molecule has 2 aromatic carbocycles. The number of imidazole rings is 2. The van der Waals surface area contributed by atoms with Crippen LogP contribution in [0.25, 0.3) is 45.1 Å². The van der Waals surface area contributed by atoms with Crippen molar-refractivity contribution in [3.8, 4) is 23.0 Å². The quantitative estimate of drug-likeness (QED) is 0.160. The van der Waals surface area contributed by atoms with Crippen molar-refractivity contribution in [2.24, 2.45) is 0 Å². The molecule has 0 amide bonds. The van der Waals surface area contributed by atoms with E-state index in [4.69, 9.17) is 15.0 Å². The van der Waals surface area contributed by atoms with Gasteiger partial charge in [0.05, 0.1) is 22.1 Å². The maximum atomic E-state index is 5.15. The number of hydrogen-bond acceptors (Lipinski definition) is 3. The number of para-hydroxylation sites is 4. The molecule has 40 heavy (non-hydrogen) atoms. The van der Waals surface area contributed by atoms with Crippen LogP contribution in [0.3, 0.4) is 0 Å². The minimum Gasteiger partial charge on any atom is -1.00 e. The SMILES string of the molecule is CCCCCCn1c(-c2cccc(-c3nc4ccccc4n3CCCCCC)n2)nc2ccccc21.[Cl-].[Cl-].[Cl-].[Nd+3]. The third kappa shape index (κ3) is 8.41. The molecule has 1 radical (unpaired) electrons. The van der Waals surface area contributed by atoms with Crippen molar-refractivity contribution in [2.45, 2.75) is 78.3 Å². The van der Waals surface area contributed by atoms with Crippen LogP contribution >= 0.6 is 0 Å². The Morgan fingerprint density at radius 2 is 0.925 bits per heavy atom. The molecule has 0 saturated carbocycles. The molecule has 0 N–H and O–H groups in total. The predicted molar refractivity (Wildman–Crippen MR) is 150 cm³/mol. The van der Waals surface area contributed by atoms with Gasteiger partial charge in [-0.2, -0.15) is 0 Å². The molecule has 3 aromatic heterocycles. The van der Waals surface area contributed by atoms with Crippen molar-refractivity contribution in [3.63, 3.8) is 0 Å². The van der Waals surface area contributed by atoms with E-state index < -0.39 is 0 Å². The van der Waals surface area contributed by atoms with Gasteiger partial charge in [0.15, 0.2) is 11.6 Å². The van der Waals surface area contributed by atoms with Gasteiger partial charge in [-0.1, -0.05) is 82.7 Å². The molecule has 5 nitrogen and oxygen atoms in total. The van der Waals surface area contributed by atoms with Gasteiger partial charge in [-0.05, 0) is 49.2 Å². The fourth-order valence-electron chi connectivity index (χ4n) is 5.07. The third-order valence-electron chi connectivity index (χ3n) is 6.99. The zero-order chi connectivity index (χ0) is 24.7. The Hall–Kier alpha value is -1.25. The second-order valence-electron chi connectivity index (χ2n) is 9.68. The van der Waals surface area contributed by atoms with Crippen molar-refractivity contribution in [3.05, 3.63) is 66.7 Å². The van der Waals surface area contributed by atoms with Crippen LogP contribution in [0.2, 0.25) is 0 Å². The molecule has 5 aromatic rings. The Kier molecular flexibility index (Phi) is 16.8. The van der Waals surface area contributed by atoms with E-state index in [2.05, 4.69) is 89.7 Å². The monoisotopic (exact) mass is 726 g/mol. The smallest absolute Gasteiger partial charge is 1.00 e. The number of aryl methyl sites for hydroxylation is 2. The summed E-state index contributed by atoms with van der Waals surface area (Å²) < 4.78 is 4.70. The Morgan fingerprint density at radius 1 is 0.500 bits per heavy atom. The van der Waals surface area contributed by atoms with E-state index in [0.717, 1.165) is 60.0 Å².